The van der Waals surface area contributed by atoms with Gasteiger partial charge in [0.1, 0.15) is 0 Å². The monoisotopic (exact) mass is 243 g/mol. The SMILES string of the molecule is CCC(c1cc(C)[nH]n1)c1ccccc1C(N)=O. The Labute approximate surface area is 106 Å². The number of carbonyl (C=O) groups is 1. The number of primary amides is 1. The predicted octanol–water partition coefficient (Wildman–Crippen LogP) is 2.36. The highest BCUT2D eigenvalue weighted by Crippen LogP contribution is 2.29. The van der Waals surface area contributed by atoms with E-state index in [9.17, 15) is 4.79 Å². The summed E-state index contributed by atoms with van der Waals surface area (Å²) < 4.78 is 0. The van der Waals surface area contributed by atoms with Gasteiger partial charge in [0.15, 0.2) is 0 Å². The van der Waals surface area contributed by atoms with Gasteiger partial charge in [0.25, 0.3) is 0 Å². The highest BCUT2D eigenvalue weighted by atomic mass is 16.1. The Morgan fingerprint density at radius 2 is 2.17 bits per heavy atom. The molecule has 1 heterocycles. The molecule has 1 aromatic heterocycles. The first kappa shape index (κ1) is 12.4. The highest BCUT2D eigenvalue weighted by molar-refractivity contribution is 5.94. The average molecular weight is 243 g/mol. The summed E-state index contributed by atoms with van der Waals surface area (Å²) in [6.07, 6.45) is 0.870. The molecule has 1 unspecified atom stereocenters. The second kappa shape index (κ2) is 5.04. The minimum atomic E-state index is -0.392. The molecule has 0 bridgehead atoms. The summed E-state index contributed by atoms with van der Waals surface area (Å²) in [5, 5.41) is 7.22. The van der Waals surface area contributed by atoms with Gasteiger partial charge in [-0.15, -0.1) is 0 Å². The highest BCUT2D eigenvalue weighted by Gasteiger charge is 2.19. The fraction of sp³-hybridized carbons (Fsp3) is 0.286. The maximum absolute atomic E-state index is 11.5. The molecule has 3 N–H and O–H groups in total. The summed E-state index contributed by atoms with van der Waals surface area (Å²) in [6.45, 7) is 4.04. The molecule has 0 radical (unpaired) electrons. The van der Waals surface area contributed by atoms with Crippen LogP contribution in [-0.4, -0.2) is 16.1 Å². The van der Waals surface area contributed by atoms with E-state index in [1.54, 1.807) is 6.07 Å². The molecule has 4 nitrogen and oxygen atoms in total. The van der Waals surface area contributed by atoms with Crippen LogP contribution in [0.1, 0.15) is 46.6 Å². The number of H-pyrrole nitrogens is 1. The van der Waals surface area contributed by atoms with Crippen molar-refractivity contribution in [1.82, 2.24) is 10.2 Å². The third kappa shape index (κ3) is 2.27. The van der Waals surface area contributed by atoms with Crippen molar-refractivity contribution in [2.24, 2.45) is 5.73 Å². The molecular weight excluding hydrogens is 226 g/mol. The van der Waals surface area contributed by atoms with Crippen molar-refractivity contribution in [1.29, 1.82) is 0 Å². The van der Waals surface area contributed by atoms with Crippen molar-refractivity contribution >= 4 is 5.91 Å². The fourth-order valence-corrected chi connectivity index (χ4v) is 2.23. The topological polar surface area (TPSA) is 71.8 Å². The maximum Gasteiger partial charge on any atom is 0.248 e. The third-order valence-electron chi connectivity index (χ3n) is 3.09. The number of nitrogens with zero attached hydrogens (tertiary/aromatic N) is 1. The van der Waals surface area contributed by atoms with Crippen LogP contribution in [0.3, 0.4) is 0 Å². The number of rotatable bonds is 4. The lowest BCUT2D eigenvalue weighted by atomic mass is 9.89. The first-order valence-electron chi connectivity index (χ1n) is 6.04. The Kier molecular flexibility index (Phi) is 3.46. The van der Waals surface area contributed by atoms with Crippen molar-refractivity contribution in [2.75, 3.05) is 0 Å². The molecule has 1 atom stereocenters. The van der Waals surface area contributed by atoms with Crippen molar-refractivity contribution in [3.8, 4) is 0 Å². The molecule has 0 spiro atoms. The number of aromatic nitrogens is 2. The lowest BCUT2D eigenvalue weighted by Crippen LogP contribution is -2.16. The number of nitrogens with one attached hydrogen (secondary N) is 1. The van der Waals surface area contributed by atoms with Crippen LogP contribution in [-0.2, 0) is 0 Å². The molecular formula is C14H17N3O. The largest absolute Gasteiger partial charge is 0.366 e. The van der Waals surface area contributed by atoms with E-state index < -0.39 is 5.91 Å². The average Bonchev–Trinajstić information content (AvgIpc) is 2.77. The number of aryl methyl sites for hydroxylation is 1. The summed E-state index contributed by atoms with van der Waals surface area (Å²) >= 11 is 0. The molecule has 0 fully saturated rings. The molecule has 1 aromatic carbocycles. The van der Waals surface area contributed by atoms with Gasteiger partial charge in [0, 0.05) is 17.2 Å². The van der Waals surface area contributed by atoms with Crippen LogP contribution in [0.4, 0.5) is 0 Å². The minimum absolute atomic E-state index is 0.0960. The van der Waals surface area contributed by atoms with Crippen molar-refractivity contribution in [2.45, 2.75) is 26.2 Å². The normalized spacial score (nSPS) is 12.3. The number of nitrogens with two attached hydrogens (primary N) is 1. The molecule has 4 heteroatoms. The second-order valence-corrected chi connectivity index (χ2v) is 4.39. The summed E-state index contributed by atoms with van der Waals surface area (Å²) in [7, 11) is 0. The smallest absolute Gasteiger partial charge is 0.248 e. The number of carbonyl (C=O) groups excluding carboxylic acids is 1. The molecule has 0 aliphatic carbocycles. The van der Waals surface area contributed by atoms with Crippen molar-refractivity contribution in [3.05, 3.63) is 52.8 Å². The lowest BCUT2D eigenvalue weighted by molar-refractivity contribution is 0.0999. The number of hydrogen-bond donors (Lipinski definition) is 2. The van der Waals surface area contributed by atoms with Gasteiger partial charge in [0.05, 0.1) is 5.69 Å². The zero-order valence-electron chi connectivity index (χ0n) is 10.6. The van der Waals surface area contributed by atoms with Crippen molar-refractivity contribution < 1.29 is 4.79 Å². The standard InChI is InChI=1S/C14H17N3O/c1-3-10(13-8-9(2)16-17-13)11-6-4-5-7-12(11)14(15)18/h4-8,10H,3H2,1-2H3,(H2,15,18)(H,16,17). The Morgan fingerprint density at radius 1 is 1.44 bits per heavy atom. The number of amides is 1. The zero-order valence-corrected chi connectivity index (χ0v) is 10.6. The van der Waals surface area contributed by atoms with Crippen LogP contribution in [0, 0.1) is 6.92 Å². The molecule has 2 rings (SSSR count). The third-order valence-corrected chi connectivity index (χ3v) is 3.09. The van der Waals surface area contributed by atoms with Crippen LogP contribution in [0.25, 0.3) is 0 Å². The van der Waals surface area contributed by atoms with Crippen LogP contribution in [0.15, 0.2) is 30.3 Å². The van der Waals surface area contributed by atoms with Crippen molar-refractivity contribution in [3.63, 3.8) is 0 Å². The van der Waals surface area contributed by atoms with Crippen LogP contribution >= 0.6 is 0 Å². The summed E-state index contributed by atoms with van der Waals surface area (Å²) in [5.41, 5.74) is 8.90. The van der Waals surface area contributed by atoms with Crippen LogP contribution < -0.4 is 5.73 Å². The first-order valence-corrected chi connectivity index (χ1v) is 6.04. The molecule has 0 aliphatic rings. The number of hydrogen-bond acceptors (Lipinski definition) is 2. The zero-order chi connectivity index (χ0) is 13.1. The van der Waals surface area contributed by atoms with Crippen LogP contribution in [0.2, 0.25) is 0 Å². The molecule has 18 heavy (non-hydrogen) atoms. The molecule has 0 saturated heterocycles. The first-order chi connectivity index (χ1) is 8.63. The molecule has 2 aromatic rings. The van der Waals surface area contributed by atoms with Gasteiger partial charge in [-0.3, -0.25) is 9.89 Å². The number of aromatic amines is 1. The Morgan fingerprint density at radius 3 is 2.72 bits per heavy atom. The van der Waals surface area contributed by atoms with Gasteiger partial charge in [-0.2, -0.15) is 5.10 Å². The molecule has 0 aliphatic heterocycles. The second-order valence-electron chi connectivity index (χ2n) is 4.39. The van der Waals surface area contributed by atoms with E-state index in [0.29, 0.717) is 5.56 Å². The van der Waals surface area contributed by atoms with Crippen LogP contribution in [0.5, 0.6) is 0 Å². The summed E-state index contributed by atoms with van der Waals surface area (Å²) in [4.78, 5) is 11.5. The van der Waals surface area contributed by atoms with Gasteiger partial charge < -0.3 is 5.73 Å². The van der Waals surface area contributed by atoms with E-state index in [1.807, 2.05) is 31.2 Å². The van der Waals surface area contributed by atoms with Gasteiger partial charge in [0.2, 0.25) is 5.91 Å². The van der Waals surface area contributed by atoms with Gasteiger partial charge in [-0.1, -0.05) is 25.1 Å². The van der Waals surface area contributed by atoms with E-state index >= 15 is 0 Å². The summed E-state index contributed by atoms with van der Waals surface area (Å²) in [5.74, 6) is -0.296. The van der Waals surface area contributed by atoms with Gasteiger partial charge >= 0.3 is 0 Å². The van der Waals surface area contributed by atoms with E-state index in [2.05, 4.69) is 17.1 Å². The van der Waals surface area contributed by atoms with E-state index in [0.717, 1.165) is 23.4 Å². The predicted molar refractivity (Wildman–Crippen MR) is 70.4 cm³/mol. The quantitative estimate of drug-likeness (QED) is 0.865. The number of benzene rings is 1. The van der Waals surface area contributed by atoms with Gasteiger partial charge in [-0.25, -0.2) is 0 Å². The van der Waals surface area contributed by atoms with E-state index in [4.69, 9.17) is 5.73 Å². The lowest BCUT2D eigenvalue weighted by Gasteiger charge is -2.15. The Hall–Kier alpha value is -2.10. The maximum atomic E-state index is 11.5. The molecule has 1 amide bonds. The van der Waals surface area contributed by atoms with E-state index in [1.165, 1.54) is 0 Å². The van der Waals surface area contributed by atoms with Gasteiger partial charge in [-0.05, 0) is 31.0 Å². The molecule has 94 valence electrons. The Bertz CT molecular complexity index is 560. The summed E-state index contributed by atoms with van der Waals surface area (Å²) in [6, 6.07) is 9.46. The minimum Gasteiger partial charge on any atom is -0.366 e. The fourth-order valence-electron chi connectivity index (χ4n) is 2.23. The Balaban J connectivity index is 2.48. The van der Waals surface area contributed by atoms with E-state index in [-0.39, 0.29) is 5.92 Å². The molecule has 0 saturated carbocycles.